The molecule has 2 heterocycles. The number of nitrogens with zero attached hydrogens (tertiary/aromatic N) is 2. The Morgan fingerprint density at radius 1 is 1.29 bits per heavy atom. The van der Waals surface area contributed by atoms with Crippen molar-refractivity contribution in [2.45, 2.75) is 18.9 Å². The van der Waals surface area contributed by atoms with Gasteiger partial charge in [-0.2, -0.15) is 0 Å². The highest BCUT2D eigenvalue weighted by molar-refractivity contribution is 5.79. The van der Waals surface area contributed by atoms with Crippen molar-refractivity contribution in [2.75, 3.05) is 6.54 Å². The van der Waals surface area contributed by atoms with Crippen molar-refractivity contribution >= 4 is 5.91 Å². The molecule has 1 aromatic heterocycles. The summed E-state index contributed by atoms with van der Waals surface area (Å²) in [5.74, 6) is -4.56. The van der Waals surface area contributed by atoms with Crippen molar-refractivity contribution in [3.63, 3.8) is 0 Å². The minimum absolute atomic E-state index is 0.0364. The molecule has 2 aromatic rings. The Bertz CT molecular complexity index is 672. The summed E-state index contributed by atoms with van der Waals surface area (Å²) in [6, 6.07) is 2.08. The summed E-state index contributed by atoms with van der Waals surface area (Å²) >= 11 is 0. The van der Waals surface area contributed by atoms with E-state index >= 15 is 0 Å². The van der Waals surface area contributed by atoms with Gasteiger partial charge in [-0.3, -0.25) is 4.79 Å². The van der Waals surface area contributed by atoms with E-state index in [2.05, 4.69) is 9.97 Å². The highest BCUT2D eigenvalue weighted by atomic mass is 19.2. The number of hydrogen-bond donors (Lipinski definition) is 1. The number of hydrogen-bond acceptors (Lipinski definition) is 2. The summed E-state index contributed by atoms with van der Waals surface area (Å²) in [5, 5.41) is 0. The van der Waals surface area contributed by atoms with Gasteiger partial charge >= 0.3 is 0 Å². The number of aromatic nitrogens is 2. The molecule has 3 rings (SSSR count). The second kappa shape index (κ2) is 5.23. The highest BCUT2D eigenvalue weighted by Gasteiger charge is 2.33. The van der Waals surface area contributed by atoms with Gasteiger partial charge in [0.2, 0.25) is 5.91 Å². The Hall–Kier alpha value is -2.31. The number of imidazole rings is 1. The fourth-order valence-electron chi connectivity index (χ4n) is 2.57. The van der Waals surface area contributed by atoms with E-state index in [1.54, 1.807) is 11.1 Å². The molecule has 1 amide bonds. The highest BCUT2D eigenvalue weighted by Crippen LogP contribution is 2.32. The van der Waals surface area contributed by atoms with Gasteiger partial charge in [-0.1, -0.05) is 6.07 Å². The van der Waals surface area contributed by atoms with Crippen molar-refractivity contribution in [3.05, 3.63) is 53.4 Å². The summed E-state index contributed by atoms with van der Waals surface area (Å²) < 4.78 is 40.0. The van der Waals surface area contributed by atoms with Crippen LogP contribution in [0.2, 0.25) is 0 Å². The van der Waals surface area contributed by atoms with E-state index in [0.29, 0.717) is 6.54 Å². The summed E-state index contributed by atoms with van der Waals surface area (Å²) in [6.45, 7) is 0.598. The van der Waals surface area contributed by atoms with Crippen molar-refractivity contribution in [1.82, 2.24) is 14.9 Å². The molecule has 1 aliphatic heterocycles. The summed E-state index contributed by atoms with van der Waals surface area (Å²) in [7, 11) is 0. The molecule has 0 radical (unpaired) electrons. The average Bonchev–Trinajstić information content (AvgIpc) is 3.08. The fraction of sp³-hybridized carbons (Fsp3) is 0.286. The third kappa shape index (κ3) is 2.51. The van der Waals surface area contributed by atoms with E-state index in [1.807, 2.05) is 0 Å². The normalized spacial score (nSPS) is 18.5. The number of aromatic amines is 1. The number of carbonyl (C=O) groups is 1. The monoisotopic (exact) mass is 295 g/mol. The standard InChI is InChI=1S/C14H12F3N3O/c15-11-2-1-10(13(16)14(11)17)8-3-12(21)20(5-8)6-9-4-18-7-19-9/h1-2,4,7-8H,3,5-6H2,(H,18,19). The van der Waals surface area contributed by atoms with Crippen molar-refractivity contribution in [2.24, 2.45) is 0 Å². The molecule has 1 unspecified atom stereocenters. The maximum absolute atomic E-state index is 13.8. The zero-order chi connectivity index (χ0) is 15.0. The Morgan fingerprint density at radius 2 is 2.10 bits per heavy atom. The molecule has 1 fully saturated rings. The largest absolute Gasteiger partial charge is 0.347 e. The number of amides is 1. The van der Waals surface area contributed by atoms with Gasteiger partial charge in [0.1, 0.15) is 0 Å². The third-order valence-electron chi connectivity index (χ3n) is 3.64. The fourth-order valence-corrected chi connectivity index (χ4v) is 2.57. The van der Waals surface area contributed by atoms with Gasteiger partial charge in [0.05, 0.1) is 18.6 Å². The summed E-state index contributed by atoms with van der Waals surface area (Å²) in [4.78, 5) is 20.2. The second-order valence-corrected chi connectivity index (χ2v) is 5.02. The Balaban J connectivity index is 1.80. The van der Waals surface area contributed by atoms with Gasteiger partial charge in [-0.25, -0.2) is 18.2 Å². The number of rotatable bonds is 3. The maximum atomic E-state index is 13.8. The molecule has 1 N–H and O–H groups in total. The molecule has 1 saturated heterocycles. The number of nitrogens with one attached hydrogen (secondary N) is 1. The Morgan fingerprint density at radius 3 is 2.81 bits per heavy atom. The second-order valence-electron chi connectivity index (χ2n) is 5.02. The smallest absolute Gasteiger partial charge is 0.223 e. The van der Waals surface area contributed by atoms with Crippen LogP contribution in [-0.4, -0.2) is 27.3 Å². The van der Waals surface area contributed by atoms with E-state index < -0.39 is 23.4 Å². The SMILES string of the molecule is O=C1CC(c2ccc(F)c(F)c2F)CN1Cc1cnc[nH]1. The van der Waals surface area contributed by atoms with Gasteiger partial charge in [-0.05, 0) is 11.6 Å². The predicted molar refractivity (Wildman–Crippen MR) is 67.7 cm³/mol. The topological polar surface area (TPSA) is 49.0 Å². The van der Waals surface area contributed by atoms with Crippen LogP contribution < -0.4 is 0 Å². The van der Waals surface area contributed by atoms with Gasteiger partial charge < -0.3 is 9.88 Å². The molecule has 0 spiro atoms. The van der Waals surface area contributed by atoms with E-state index in [0.717, 1.165) is 11.8 Å². The van der Waals surface area contributed by atoms with Crippen LogP contribution in [0.25, 0.3) is 0 Å². The molecule has 0 bridgehead atoms. The molecule has 0 aliphatic carbocycles. The van der Waals surface area contributed by atoms with Crippen LogP contribution in [-0.2, 0) is 11.3 Å². The Labute approximate surface area is 118 Å². The molecular weight excluding hydrogens is 283 g/mol. The molecule has 7 heteroatoms. The summed E-state index contributed by atoms with van der Waals surface area (Å²) in [5.41, 5.74) is 0.795. The molecule has 1 aliphatic rings. The molecule has 0 saturated carbocycles. The van der Waals surface area contributed by atoms with Crippen molar-refractivity contribution < 1.29 is 18.0 Å². The number of carbonyl (C=O) groups excluding carboxylic acids is 1. The first-order valence-electron chi connectivity index (χ1n) is 6.44. The lowest BCUT2D eigenvalue weighted by Gasteiger charge is -2.16. The quantitative estimate of drug-likeness (QED) is 0.884. The molecule has 4 nitrogen and oxygen atoms in total. The minimum atomic E-state index is -1.49. The number of likely N-dealkylation sites (tertiary alicyclic amines) is 1. The van der Waals surface area contributed by atoms with Gasteiger partial charge in [0.15, 0.2) is 17.5 Å². The molecule has 21 heavy (non-hydrogen) atoms. The van der Waals surface area contributed by atoms with Crippen LogP contribution in [0.5, 0.6) is 0 Å². The van der Waals surface area contributed by atoms with Crippen LogP contribution in [0.1, 0.15) is 23.6 Å². The Kier molecular flexibility index (Phi) is 3.40. The molecule has 1 atom stereocenters. The predicted octanol–water partition coefficient (Wildman–Crippen LogP) is 2.34. The van der Waals surface area contributed by atoms with Crippen LogP contribution in [0.4, 0.5) is 13.2 Å². The number of benzene rings is 1. The zero-order valence-corrected chi connectivity index (χ0v) is 10.9. The van der Waals surface area contributed by atoms with Crippen LogP contribution in [0, 0.1) is 17.5 Å². The van der Waals surface area contributed by atoms with Crippen LogP contribution >= 0.6 is 0 Å². The van der Waals surface area contributed by atoms with Crippen molar-refractivity contribution in [1.29, 1.82) is 0 Å². The van der Waals surface area contributed by atoms with Crippen LogP contribution in [0.15, 0.2) is 24.7 Å². The molecular formula is C14H12F3N3O. The van der Waals surface area contributed by atoms with E-state index in [1.165, 1.54) is 12.4 Å². The molecule has 1 aromatic carbocycles. The lowest BCUT2D eigenvalue weighted by Crippen LogP contribution is -2.24. The van der Waals surface area contributed by atoms with E-state index in [9.17, 15) is 18.0 Å². The van der Waals surface area contributed by atoms with Crippen LogP contribution in [0.3, 0.4) is 0 Å². The third-order valence-corrected chi connectivity index (χ3v) is 3.64. The zero-order valence-electron chi connectivity index (χ0n) is 10.9. The lowest BCUT2D eigenvalue weighted by molar-refractivity contribution is -0.128. The summed E-state index contributed by atoms with van der Waals surface area (Å²) in [6.07, 6.45) is 3.18. The number of H-pyrrole nitrogens is 1. The first-order valence-corrected chi connectivity index (χ1v) is 6.44. The van der Waals surface area contributed by atoms with Crippen molar-refractivity contribution in [3.8, 4) is 0 Å². The minimum Gasteiger partial charge on any atom is -0.347 e. The van der Waals surface area contributed by atoms with E-state index in [-0.39, 0.29) is 24.4 Å². The first kappa shape index (κ1) is 13.7. The maximum Gasteiger partial charge on any atom is 0.223 e. The average molecular weight is 295 g/mol. The van der Waals surface area contributed by atoms with Gasteiger partial charge in [-0.15, -0.1) is 0 Å². The van der Waals surface area contributed by atoms with E-state index in [4.69, 9.17) is 0 Å². The van der Waals surface area contributed by atoms with Gasteiger partial charge in [0.25, 0.3) is 0 Å². The first-order chi connectivity index (χ1) is 10.1. The van der Waals surface area contributed by atoms with Gasteiger partial charge in [0, 0.05) is 25.1 Å². The lowest BCUT2D eigenvalue weighted by atomic mass is 9.97. The molecule has 110 valence electrons. The number of halogens is 3.